The monoisotopic (exact) mass is 398 g/mol. The number of nitrogens with zero attached hydrogens (tertiary/aromatic N) is 3. The van der Waals surface area contributed by atoms with E-state index in [0.29, 0.717) is 12.3 Å². The third kappa shape index (κ3) is 6.27. The Morgan fingerprint density at radius 1 is 1.10 bits per heavy atom. The van der Waals surface area contributed by atoms with E-state index in [1.165, 1.54) is 12.1 Å². The number of aryl methyl sites for hydroxylation is 1. The first-order valence-corrected chi connectivity index (χ1v) is 9.69. The number of amides is 1. The van der Waals surface area contributed by atoms with Crippen LogP contribution in [0.15, 0.2) is 48.5 Å². The number of carbonyl (C=O) groups excluding carboxylic acids is 1. The van der Waals surface area contributed by atoms with E-state index in [0.717, 1.165) is 44.0 Å². The van der Waals surface area contributed by atoms with E-state index in [1.54, 1.807) is 6.07 Å². The zero-order chi connectivity index (χ0) is 20.6. The molecule has 1 saturated heterocycles. The maximum Gasteiger partial charge on any atom is 0.271 e. The second-order valence-corrected chi connectivity index (χ2v) is 7.08. The van der Waals surface area contributed by atoms with Crippen LogP contribution in [0.25, 0.3) is 0 Å². The van der Waals surface area contributed by atoms with Gasteiger partial charge in [0, 0.05) is 44.9 Å². The second-order valence-electron chi connectivity index (χ2n) is 7.08. The Morgan fingerprint density at radius 3 is 2.48 bits per heavy atom. The lowest BCUT2D eigenvalue weighted by molar-refractivity contribution is -0.384. The summed E-state index contributed by atoms with van der Waals surface area (Å²) in [6.45, 7) is 6.92. The van der Waals surface area contributed by atoms with Gasteiger partial charge in [-0.3, -0.25) is 24.7 Å². The lowest BCUT2D eigenvalue weighted by atomic mass is 10.2. The van der Waals surface area contributed by atoms with Gasteiger partial charge < -0.3 is 10.1 Å². The molecule has 2 aromatic carbocycles. The first kappa shape index (κ1) is 20.8. The van der Waals surface area contributed by atoms with E-state index in [-0.39, 0.29) is 18.1 Å². The SMILES string of the molecule is Cc1ccc([N+](=O)[O-])cc1NC(=O)CN1CCN(CCOc2ccccc2)CC1. The zero-order valence-electron chi connectivity index (χ0n) is 16.5. The molecule has 1 aliphatic heterocycles. The van der Waals surface area contributed by atoms with Crippen molar-refractivity contribution < 1.29 is 14.5 Å². The average Bonchev–Trinajstić information content (AvgIpc) is 2.71. The number of nitro benzene ring substituents is 1. The summed E-state index contributed by atoms with van der Waals surface area (Å²) in [4.78, 5) is 27.2. The Labute approximate surface area is 170 Å². The molecule has 2 aromatic rings. The van der Waals surface area contributed by atoms with Crippen LogP contribution in [0.2, 0.25) is 0 Å². The van der Waals surface area contributed by atoms with Gasteiger partial charge in [-0.05, 0) is 24.6 Å². The predicted molar refractivity (Wildman–Crippen MR) is 111 cm³/mol. The van der Waals surface area contributed by atoms with Crippen molar-refractivity contribution in [3.63, 3.8) is 0 Å². The predicted octanol–water partition coefficient (Wildman–Crippen LogP) is 2.54. The van der Waals surface area contributed by atoms with Crippen molar-refractivity contribution in [2.45, 2.75) is 6.92 Å². The Kier molecular flexibility index (Phi) is 7.15. The largest absolute Gasteiger partial charge is 0.492 e. The molecule has 0 unspecified atom stereocenters. The molecule has 1 fully saturated rings. The summed E-state index contributed by atoms with van der Waals surface area (Å²) < 4.78 is 5.74. The standard InChI is InChI=1S/C21H26N4O4/c1-17-7-8-18(25(27)28)15-20(17)22-21(26)16-24-11-9-23(10-12-24)13-14-29-19-5-3-2-4-6-19/h2-8,15H,9-14,16H2,1H3,(H,22,26). The number of hydrogen-bond acceptors (Lipinski definition) is 6. The summed E-state index contributed by atoms with van der Waals surface area (Å²) in [6, 6.07) is 14.2. The summed E-state index contributed by atoms with van der Waals surface area (Å²) in [5.41, 5.74) is 1.25. The number of piperazine rings is 1. The molecule has 0 spiro atoms. The molecule has 29 heavy (non-hydrogen) atoms. The quantitative estimate of drug-likeness (QED) is 0.543. The molecule has 8 nitrogen and oxygen atoms in total. The third-order valence-corrected chi connectivity index (χ3v) is 4.96. The van der Waals surface area contributed by atoms with E-state index < -0.39 is 4.92 Å². The van der Waals surface area contributed by atoms with Crippen LogP contribution in [0.4, 0.5) is 11.4 Å². The van der Waals surface area contributed by atoms with Gasteiger partial charge in [0.1, 0.15) is 12.4 Å². The second kappa shape index (κ2) is 9.99. The number of non-ortho nitro benzene ring substituents is 1. The Hall–Kier alpha value is -2.97. The fourth-order valence-corrected chi connectivity index (χ4v) is 3.23. The molecular weight excluding hydrogens is 372 g/mol. The molecule has 0 aromatic heterocycles. The summed E-state index contributed by atoms with van der Waals surface area (Å²) in [7, 11) is 0. The number of nitrogens with one attached hydrogen (secondary N) is 1. The number of anilines is 1. The van der Waals surface area contributed by atoms with Crippen molar-refractivity contribution in [1.29, 1.82) is 0 Å². The highest BCUT2D eigenvalue weighted by molar-refractivity contribution is 5.93. The van der Waals surface area contributed by atoms with Gasteiger partial charge >= 0.3 is 0 Å². The summed E-state index contributed by atoms with van der Waals surface area (Å²) in [5.74, 6) is 0.716. The lowest BCUT2D eigenvalue weighted by Crippen LogP contribution is -2.49. The van der Waals surface area contributed by atoms with Gasteiger partial charge in [-0.2, -0.15) is 0 Å². The topological polar surface area (TPSA) is 88.0 Å². The van der Waals surface area contributed by atoms with E-state index in [4.69, 9.17) is 4.74 Å². The van der Waals surface area contributed by atoms with E-state index in [1.807, 2.05) is 37.3 Å². The van der Waals surface area contributed by atoms with Gasteiger partial charge in [0.05, 0.1) is 17.2 Å². The molecule has 1 amide bonds. The van der Waals surface area contributed by atoms with Crippen LogP contribution in [0.3, 0.4) is 0 Å². The van der Waals surface area contributed by atoms with Crippen molar-refractivity contribution >= 4 is 17.3 Å². The van der Waals surface area contributed by atoms with Gasteiger partial charge in [-0.25, -0.2) is 0 Å². The van der Waals surface area contributed by atoms with Crippen LogP contribution in [0, 0.1) is 17.0 Å². The molecule has 0 bridgehead atoms. The van der Waals surface area contributed by atoms with Crippen LogP contribution in [0.5, 0.6) is 5.75 Å². The third-order valence-electron chi connectivity index (χ3n) is 4.96. The fraction of sp³-hybridized carbons (Fsp3) is 0.381. The summed E-state index contributed by atoms with van der Waals surface area (Å²) >= 11 is 0. The lowest BCUT2D eigenvalue weighted by Gasteiger charge is -2.34. The first-order chi connectivity index (χ1) is 14.0. The van der Waals surface area contributed by atoms with Crippen LogP contribution >= 0.6 is 0 Å². The number of carbonyl (C=O) groups is 1. The zero-order valence-corrected chi connectivity index (χ0v) is 16.5. The Balaban J connectivity index is 1.39. The molecule has 8 heteroatoms. The first-order valence-electron chi connectivity index (χ1n) is 9.69. The highest BCUT2D eigenvalue weighted by atomic mass is 16.6. The number of hydrogen-bond donors (Lipinski definition) is 1. The number of rotatable bonds is 8. The number of benzene rings is 2. The van der Waals surface area contributed by atoms with Crippen molar-refractivity contribution in [2.75, 3.05) is 51.2 Å². The normalized spacial score (nSPS) is 15.1. The fourth-order valence-electron chi connectivity index (χ4n) is 3.23. The number of nitro groups is 1. The van der Waals surface area contributed by atoms with Gasteiger partial charge in [0.2, 0.25) is 5.91 Å². The molecule has 0 atom stereocenters. The minimum absolute atomic E-state index is 0.0303. The van der Waals surface area contributed by atoms with Crippen molar-refractivity contribution in [1.82, 2.24) is 9.80 Å². The van der Waals surface area contributed by atoms with E-state index >= 15 is 0 Å². The van der Waals surface area contributed by atoms with E-state index in [9.17, 15) is 14.9 Å². The molecule has 0 aliphatic carbocycles. The van der Waals surface area contributed by atoms with Crippen molar-refractivity contribution in [3.05, 3.63) is 64.2 Å². The Bertz CT molecular complexity index is 836. The molecule has 0 saturated carbocycles. The van der Waals surface area contributed by atoms with Gasteiger partial charge in [-0.1, -0.05) is 24.3 Å². The van der Waals surface area contributed by atoms with Gasteiger partial charge in [0.25, 0.3) is 5.69 Å². The molecule has 154 valence electrons. The Morgan fingerprint density at radius 2 is 1.79 bits per heavy atom. The molecule has 0 radical (unpaired) electrons. The maximum absolute atomic E-state index is 12.4. The highest BCUT2D eigenvalue weighted by Crippen LogP contribution is 2.21. The minimum Gasteiger partial charge on any atom is -0.492 e. The van der Waals surface area contributed by atoms with Crippen LogP contribution in [-0.2, 0) is 4.79 Å². The van der Waals surface area contributed by atoms with Gasteiger partial charge in [-0.15, -0.1) is 0 Å². The minimum atomic E-state index is -0.462. The smallest absolute Gasteiger partial charge is 0.271 e. The van der Waals surface area contributed by atoms with Crippen molar-refractivity contribution in [3.8, 4) is 5.75 Å². The van der Waals surface area contributed by atoms with Crippen molar-refractivity contribution in [2.24, 2.45) is 0 Å². The highest BCUT2D eigenvalue weighted by Gasteiger charge is 2.19. The van der Waals surface area contributed by atoms with Crippen LogP contribution in [-0.4, -0.2) is 66.5 Å². The average molecular weight is 398 g/mol. The number of ether oxygens (including phenoxy) is 1. The number of para-hydroxylation sites is 1. The molecule has 1 heterocycles. The van der Waals surface area contributed by atoms with E-state index in [2.05, 4.69) is 15.1 Å². The molecule has 3 rings (SSSR count). The van der Waals surface area contributed by atoms with Crippen LogP contribution in [0.1, 0.15) is 5.56 Å². The van der Waals surface area contributed by atoms with Gasteiger partial charge in [0.15, 0.2) is 0 Å². The summed E-state index contributed by atoms with van der Waals surface area (Å²) in [5, 5.41) is 13.7. The van der Waals surface area contributed by atoms with Crippen LogP contribution < -0.4 is 10.1 Å². The maximum atomic E-state index is 12.4. The molecular formula is C21H26N4O4. The molecule has 1 aliphatic rings. The summed E-state index contributed by atoms with van der Waals surface area (Å²) in [6.07, 6.45) is 0. The molecule has 1 N–H and O–H groups in total.